The molecule has 0 fully saturated rings. The highest BCUT2D eigenvalue weighted by Crippen LogP contribution is 2.29. The van der Waals surface area contributed by atoms with Crippen LogP contribution in [0, 0.1) is 0 Å². The van der Waals surface area contributed by atoms with E-state index in [4.69, 9.17) is 9.47 Å². The van der Waals surface area contributed by atoms with Crippen molar-refractivity contribution >= 4 is 17.2 Å². The zero-order valence-electron chi connectivity index (χ0n) is 11.7. The molecule has 2 aromatic rings. The Morgan fingerprint density at radius 3 is 2.65 bits per heavy atom. The van der Waals surface area contributed by atoms with Crippen LogP contribution in [0.2, 0.25) is 0 Å². The molecular formula is C15H17NO3S. The van der Waals surface area contributed by atoms with Crippen molar-refractivity contribution in [3.05, 3.63) is 46.2 Å². The van der Waals surface area contributed by atoms with Crippen LogP contribution in [0.5, 0.6) is 11.5 Å². The van der Waals surface area contributed by atoms with Crippen molar-refractivity contribution in [2.45, 2.75) is 13.0 Å². The number of rotatable bonds is 5. The summed E-state index contributed by atoms with van der Waals surface area (Å²) in [5, 5.41) is 6.66. The Balaban J connectivity index is 2.19. The van der Waals surface area contributed by atoms with Gasteiger partial charge >= 0.3 is 0 Å². The standard InChI is InChI=1S/C15H17NO3S/c1-10(16-15(17)11-6-7-20-9-11)13-8-12(18-2)4-5-14(13)19-3/h4-10H,1-3H3,(H,16,17)/t10-/m1/s1. The number of hydrogen-bond donors (Lipinski definition) is 1. The Morgan fingerprint density at radius 2 is 2.05 bits per heavy atom. The average molecular weight is 291 g/mol. The second-order valence-corrected chi connectivity index (χ2v) is 5.10. The lowest BCUT2D eigenvalue weighted by Crippen LogP contribution is -2.26. The smallest absolute Gasteiger partial charge is 0.252 e. The summed E-state index contributed by atoms with van der Waals surface area (Å²) in [5.74, 6) is 1.37. The van der Waals surface area contributed by atoms with E-state index in [-0.39, 0.29) is 11.9 Å². The van der Waals surface area contributed by atoms with Gasteiger partial charge < -0.3 is 14.8 Å². The van der Waals surface area contributed by atoms with E-state index in [1.54, 1.807) is 20.3 Å². The van der Waals surface area contributed by atoms with Crippen LogP contribution < -0.4 is 14.8 Å². The summed E-state index contributed by atoms with van der Waals surface area (Å²) in [6.07, 6.45) is 0. The quantitative estimate of drug-likeness (QED) is 0.920. The fourth-order valence-corrected chi connectivity index (χ4v) is 2.57. The number of carbonyl (C=O) groups excluding carboxylic acids is 1. The van der Waals surface area contributed by atoms with Gasteiger partial charge in [-0.05, 0) is 36.6 Å². The number of amides is 1. The minimum absolute atomic E-state index is 0.0939. The fraction of sp³-hybridized carbons (Fsp3) is 0.267. The maximum absolute atomic E-state index is 12.1. The molecule has 5 heteroatoms. The lowest BCUT2D eigenvalue weighted by Gasteiger charge is -2.18. The van der Waals surface area contributed by atoms with Gasteiger partial charge in [0.05, 0.1) is 25.8 Å². The second kappa shape index (κ2) is 6.43. The molecule has 20 heavy (non-hydrogen) atoms. The molecule has 106 valence electrons. The van der Waals surface area contributed by atoms with Crippen molar-refractivity contribution in [1.29, 1.82) is 0 Å². The van der Waals surface area contributed by atoms with E-state index < -0.39 is 0 Å². The summed E-state index contributed by atoms with van der Waals surface area (Å²) in [4.78, 5) is 12.1. The van der Waals surface area contributed by atoms with Crippen LogP contribution in [-0.4, -0.2) is 20.1 Å². The second-order valence-electron chi connectivity index (χ2n) is 4.32. The number of thiophene rings is 1. The first-order chi connectivity index (χ1) is 9.65. The van der Waals surface area contributed by atoms with E-state index in [0.29, 0.717) is 5.56 Å². The Bertz CT molecular complexity index is 581. The van der Waals surface area contributed by atoms with Gasteiger partial charge in [0.25, 0.3) is 5.91 Å². The molecule has 0 radical (unpaired) electrons. The minimum Gasteiger partial charge on any atom is -0.497 e. The molecule has 0 saturated heterocycles. The van der Waals surface area contributed by atoms with Crippen molar-refractivity contribution in [3.8, 4) is 11.5 Å². The van der Waals surface area contributed by atoms with Gasteiger partial charge in [-0.1, -0.05) is 0 Å². The van der Waals surface area contributed by atoms with Gasteiger partial charge in [-0.2, -0.15) is 11.3 Å². The number of hydrogen-bond acceptors (Lipinski definition) is 4. The summed E-state index contributed by atoms with van der Waals surface area (Å²) in [7, 11) is 3.22. The summed E-state index contributed by atoms with van der Waals surface area (Å²) in [6, 6.07) is 7.16. The first-order valence-electron chi connectivity index (χ1n) is 6.20. The highest BCUT2D eigenvalue weighted by Gasteiger charge is 2.16. The highest BCUT2D eigenvalue weighted by molar-refractivity contribution is 7.08. The molecule has 0 aliphatic rings. The molecule has 0 spiro atoms. The van der Waals surface area contributed by atoms with Gasteiger partial charge in [-0.15, -0.1) is 0 Å². The van der Waals surface area contributed by atoms with E-state index in [2.05, 4.69) is 5.32 Å². The summed E-state index contributed by atoms with van der Waals surface area (Å²) in [6.45, 7) is 1.92. The van der Waals surface area contributed by atoms with E-state index in [0.717, 1.165) is 17.1 Å². The molecule has 0 aliphatic heterocycles. The van der Waals surface area contributed by atoms with E-state index >= 15 is 0 Å². The van der Waals surface area contributed by atoms with Crippen molar-refractivity contribution < 1.29 is 14.3 Å². The molecule has 0 saturated carbocycles. The van der Waals surface area contributed by atoms with Gasteiger partial charge in [0.15, 0.2) is 0 Å². The molecule has 1 amide bonds. The molecule has 1 aromatic heterocycles. The predicted molar refractivity (Wildman–Crippen MR) is 79.7 cm³/mol. The lowest BCUT2D eigenvalue weighted by atomic mass is 10.1. The molecule has 1 atom stereocenters. The number of nitrogens with one attached hydrogen (secondary N) is 1. The molecule has 1 heterocycles. The molecule has 1 N–H and O–H groups in total. The van der Waals surface area contributed by atoms with E-state index in [1.165, 1.54) is 11.3 Å². The Labute approximate surface area is 122 Å². The molecule has 4 nitrogen and oxygen atoms in total. The summed E-state index contributed by atoms with van der Waals surface area (Å²) in [5.41, 5.74) is 1.55. The third-order valence-corrected chi connectivity index (χ3v) is 3.72. The van der Waals surface area contributed by atoms with Crippen LogP contribution in [0.25, 0.3) is 0 Å². The predicted octanol–water partition coefficient (Wildman–Crippen LogP) is 3.26. The molecule has 2 rings (SSSR count). The first-order valence-corrected chi connectivity index (χ1v) is 7.15. The molecular weight excluding hydrogens is 274 g/mol. The highest BCUT2D eigenvalue weighted by atomic mass is 32.1. The van der Waals surface area contributed by atoms with Gasteiger partial charge in [0.1, 0.15) is 11.5 Å². The van der Waals surface area contributed by atoms with Gasteiger partial charge in [0.2, 0.25) is 0 Å². The van der Waals surface area contributed by atoms with E-state index in [1.807, 2.05) is 35.9 Å². The number of methoxy groups -OCH3 is 2. The Hall–Kier alpha value is -2.01. The Kier molecular flexibility index (Phi) is 4.63. The molecule has 1 aromatic carbocycles. The van der Waals surface area contributed by atoms with Crippen LogP contribution in [0.1, 0.15) is 28.9 Å². The van der Waals surface area contributed by atoms with Crippen molar-refractivity contribution in [1.82, 2.24) is 5.32 Å². The van der Waals surface area contributed by atoms with Crippen LogP contribution in [0.4, 0.5) is 0 Å². The third-order valence-electron chi connectivity index (χ3n) is 3.03. The monoisotopic (exact) mass is 291 g/mol. The van der Waals surface area contributed by atoms with Crippen LogP contribution in [0.3, 0.4) is 0 Å². The largest absolute Gasteiger partial charge is 0.497 e. The van der Waals surface area contributed by atoms with Gasteiger partial charge in [-0.3, -0.25) is 4.79 Å². The average Bonchev–Trinajstić information content (AvgIpc) is 3.00. The SMILES string of the molecule is COc1ccc(OC)c([C@@H](C)NC(=O)c2ccsc2)c1. The maximum atomic E-state index is 12.1. The lowest BCUT2D eigenvalue weighted by molar-refractivity contribution is 0.0940. The number of benzene rings is 1. The fourth-order valence-electron chi connectivity index (χ4n) is 1.93. The van der Waals surface area contributed by atoms with Crippen molar-refractivity contribution in [2.75, 3.05) is 14.2 Å². The van der Waals surface area contributed by atoms with Crippen molar-refractivity contribution in [2.24, 2.45) is 0 Å². The summed E-state index contributed by atoms with van der Waals surface area (Å²) >= 11 is 1.50. The van der Waals surface area contributed by atoms with Gasteiger partial charge in [0, 0.05) is 10.9 Å². The Morgan fingerprint density at radius 1 is 1.25 bits per heavy atom. The molecule has 0 aliphatic carbocycles. The zero-order chi connectivity index (χ0) is 14.5. The summed E-state index contributed by atoms with van der Waals surface area (Å²) < 4.78 is 10.5. The molecule has 0 bridgehead atoms. The van der Waals surface area contributed by atoms with Crippen LogP contribution in [0.15, 0.2) is 35.0 Å². The third kappa shape index (κ3) is 3.11. The maximum Gasteiger partial charge on any atom is 0.252 e. The van der Waals surface area contributed by atoms with Crippen molar-refractivity contribution in [3.63, 3.8) is 0 Å². The zero-order valence-corrected chi connectivity index (χ0v) is 12.5. The normalized spacial score (nSPS) is 11.8. The number of ether oxygens (including phenoxy) is 2. The van der Waals surface area contributed by atoms with Gasteiger partial charge in [-0.25, -0.2) is 0 Å². The van der Waals surface area contributed by atoms with E-state index in [9.17, 15) is 4.79 Å². The number of carbonyl (C=O) groups is 1. The van der Waals surface area contributed by atoms with Crippen LogP contribution in [-0.2, 0) is 0 Å². The minimum atomic E-state index is -0.174. The topological polar surface area (TPSA) is 47.6 Å². The molecule has 0 unspecified atom stereocenters. The van der Waals surface area contributed by atoms with Crippen LogP contribution >= 0.6 is 11.3 Å². The first kappa shape index (κ1) is 14.4.